The van der Waals surface area contributed by atoms with E-state index in [0.29, 0.717) is 23.3 Å². The molecule has 2 rings (SSSR count). The zero-order chi connectivity index (χ0) is 12.8. The Labute approximate surface area is 114 Å². The molecule has 0 aliphatic rings. The lowest BCUT2D eigenvalue weighted by atomic mass is 10.3. The van der Waals surface area contributed by atoms with Crippen LogP contribution in [0.2, 0.25) is 0 Å². The van der Waals surface area contributed by atoms with Gasteiger partial charge in [0, 0.05) is 11.0 Å². The van der Waals surface area contributed by atoms with Gasteiger partial charge in [-0.15, -0.1) is 0 Å². The zero-order valence-electron chi connectivity index (χ0n) is 9.70. The predicted octanol–water partition coefficient (Wildman–Crippen LogP) is 4.08. The monoisotopic (exact) mass is 309 g/mol. The van der Waals surface area contributed by atoms with Gasteiger partial charge in [0.1, 0.15) is 18.2 Å². The highest BCUT2D eigenvalue weighted by Gasteiger charge is 2.04. The SMILES string of the molecule is Fc1cccc(Br)c1NCCOc1ccccc1. The molecular formula is C14H13BrFNO. The van der Waals surface area contributed by atoms with Crippen LogP contribution in [0.3, 0.4) is 0 Å². The highest BCUT2D eigenvalue weighted by atomic mass is 79.9. The van der Waals surface area contributed by atoms with Crippen molar-refractivity contribution in [3.8, 4) is 5.75 Å². The molecule has 0 radical (unpaired) electrons. The minimum absolute atomic E-state index is 0.274. The van der Waals surface area contributed by atoms with Crippen LogP contribution in [0.5, 0.6) is 5.75 Å². The zero-order valence-corrected chi connectivity index (χ0v) is 11.3. The number of anilines is 1. The molecule has 2 nitrogen and oxygen atoms in total. The Hall–Kier alpha value is -1.55. The smallest absolute Gasteiger partial charge is 0.147 e. The summed E-state index contributed by atoms with van der Waals surface area (Å²) in [5.74, 6) is 0.538. The van der Waals surface area contributed by atoms with Crippen molar-refractivity contribution in [2.24, 2.45) is 0 Å². The standard InChI is InChI=1S/C14H13BrFNO/c15-12-7-4-8-13(16)14(12)17-9-10-18-11-5-2-1-3-6-11/h1-8,17H,9-10H2. The minimum Gasteiger partial charge on any atom is -0.492 e. The molecule has 18 heavy (non-hydrogen) atoms. The summed E-state index contributed by atoms with van der Waals surface area (Å²) in [7, 11) is 0. The number of ether oxygens (including phenoxy) is 1. The van der Waals surface area contributed by atoms with Crippen LogP contribution < -0.4 is 10.1 Å². The molecule has 4 heteroatoms. The molecule has 0 aliphatic carbocycles. The van der Waals surface area contributed by atoms with Gasteiger partial charge in [-0.2, -0.15) is 0 Å². The van der Waals surface area contributed by atoms with E-state index in [1.54, 1.807) is 12.1 Å². The molecule has 0 aromatic heterocycles. The molecular weight excluding hydrogens is 297 g/mol. The maximum absolute atomic E-state index is 13.5. The second-order valence-corrected chi connectivity index (χ2v) is 4.54. The summed E-state index contributed by atoms with van der Waals surface area (Å²) in [6, 6.07) is 14.4. The van der Waals surface area contributed by atoms with E-state index in [-0.39, 0.29) is 5.82 Å². The lowest BCUT2D eigenvalue weighted by molar-refractivity contribution is 0.332. The second kappa shape index (κ2) is 6.40. The van der Waals surface area contributed by atoms with Gasteiger partial charge in [-0.25, -0.2) is 4.39 Å². The maximum atomic E-state index is 13.5. The Morgan fingerprint density at radius 1 is 1.06 bits per heavy atom. The first-order valence-corrected chi connectivity index (χ1v) is 6.42. The summed E-state index contributed by atoms with van der Waals surface area (Å²) in [4.78, 5) is 0. The average Bonchev–Trinajstić information content (AvgIpc) is 2.38. The molecule has 0 saturated carbocycles. The van der Waals surface area contributed by atoms with Crippen LogP contribution in [0, 0.1) is 5.82 Å². The number of benzene rings is 2. The van der Waals surface area contributed by atoms with Crippen LogP contribution in [0.1, 0.15) is 0 Å². The maximum Gasteiger partial charge on any atom is 0.147 e. The number of halogens is 2. The van der Waals surface area contributed by atoms with E-state index in [1.165, 1.54) is 6.07 Å². The quantitative estimate of drug-likeness (QED) is 0.840. The van der Waals surface area contributed by atoms with Crippen LogP contribution in [0.25, 0.3) is 0 Å². The van der Waals surface area contributed by atoms with Crippen molar-refractivity contribution in [2.75, 3.05) is 18.5 Å². The van der Waals surface area contributed by atoms with Crippen LogP contribution in [-0.2, 0) is 0 Å². The Balaban J connectivity index is 1.82. The summed E-state index contributed by atoms with van der Waals surface area (Å²) in [5.41, 5.74) is 0.467. The van der Waals surface area contributed by atoms with Crippen molar-refractivity contribution >= 4 is 21.6 Å². The van der Waals surface area contributed by atoms with Gasteiger partial charge in [0.05, 0.1) is 5.69 Å². The fraction of sp³-hybridized carbons (Fsp3) is 0.143. The summed E-state index contributed by atoms with van der Waals surface area (Å²) in [5, 5.41) is 3.00. The molecule has 0 atom stereocenters. The van der Waals surface area contributed by atoms with E-state index in [2.05, 4.69) is 21.2 Å². The first-order chi connectivity index (χ1) is 8.77. The molecule has 0 spiro atoms. The highest BCUT2D eigenvalue weighted by Crippen LogP contribution is 2.24. The number of nitrogens with one attached hydrogen (secondary N) is 1. The molecule has 0 amide bonds. The predicted molar refractivity (Wildman–Crippen MR) is 74.5 cm³/mol. The lowest BCUT2D eigenvalue weighted by Crippen LogP contribution is -2.12. The Morgan fingerprint density at radius 3 is 2.56 bits per heavy atom. The fourth-order valence-corrected chi connectivity index (χ4v) is 2.01. The largest absolute Gasteiger partial charge is 0.492 e. The van der Waals surface area contributed by atoms with Gasteiger partial charge in [-0.1, -0.05) is 24.3 Å². The van der Waals surface area contributed by atoms with Crippen molar-refractivity contribution in [1.29, 1.82) is 0 Å². The van der Waals surface area contributed by atoms with Crippen molar-refractivity contribution in [2.45, 2.75) is 0 Å². The minimum atomic E-state index is -0.274. The van der Waals surface area contributed by atoms with Gasteiger partial charge >= 0.3 is 0 Å². The molecule has 0 bridgehead atoms. The molecule has 0 unspecified atom stereocenters. The normalized spacial score (nSPS) is 10.1. The second-order valence-electron chi connectivity index (χ2n) is 3.68. The third kappa shape index (κ3) is 3.47. The molecule has 94 valence electrons. The molecule has 2 aromatic rings. The molecule has 0 aliphatic heterocycles. The van der Waals surface area contributed by atoms with E-state index in [1.807, 2.05) is 30.3 Å². The van der Waals surface area contributed by atoms with E-state index >= 15 is 0 Å². The van der Waals surface area contributed by atoms with Gasteiger partial charge in [0.15, 0.2) is 0 Å². The molecule has 0 fully saturated rings. The third-order valence-corrected chi connectivity index (χ3v) is 3.04. The number of para-hydroxylation sites is 2. The summed E-state index contributed by atoms with van der Waals surface area (Å²) >= 11 is 3.30. The van der Waals surface area contributed by atoms with Gasteiger partial charge in [0.2, 0.25) is 0 Å². The van der Waals surface area contributed by atoms with Gasteiger partial charge < -0.3 is 10.1 Å². The topological polar surface area (TPSA) is 21.3 Å². The van der Waals surface area contributed by atoms with Crippen LogP contribution in [0.4, 0.5) is 10.1 Å². The first kappa shape index (κ1) is 12.9. The molecule has 0 saturated heterocycles. The van der Waals surface area contributed by atoms with Gasteiger partial charge in [0.25, 0.3) is 0 Å². The number of hydrogen-bond donors (Lipinski definition) is 1. The van der Waals surface area contributed by atoms with Crippen molar-refractivity contribution in [3.05, 3.63) is 58.8 Å². The number of hydrogen-bond acceptors (Lipinski definition) is 2. The molecule has 1 N–H and O–H groups in total. The van der Waals surface area contributed by atoms with Crippen molar-refractivity contribution in [1.82, 2.24) is 0 Å². The Morgan fingerprint density at radius 2 is 1.83 bits per heavy atom. The fourth-order valence-electron chi connectivity index (χ4n) is 1.53. The summed E-state index contributed by atoms with van der Waals surface area (Å²) in [6.45, 7) is 1.01. The highest BCUT2D eigenvalue weighted by molar-refractivity contribution is 9.10. The van der Waals surface area contributed by atoms with Crippen molar-refractivity contribution in [3.63, 3.8) is 0 Å². The van der Waals surface area contributed by atoms with Crippen LogP contribution in [-0.4, -0.2) is 13.2 Å². The molecule has 2 aromatic carbocycles. The summed E-state index contributed by atoms with van der Waals surface area (Å²) < 4.78 is 19.7. The van der Waals surface area contributed by atoms with Crippen LogP contribution in [0.15, 0.2) is 53.0 Å². The third-order valence-electron chi connectivity index (χ3n) is 2.38. The van der Waals surface area contributed by atoms with E-state index in [9.17, 15) is 4.39 Å². The first-order valence-electron chi connectivity index (χ1n) is 5.63. The summed E-state index contributed by atoms with van der Waals surface area (Å²) in [6.07, 6.45) is 0. The molecule has 0 heterocycles. The Bertz CT molecular complexity index is 484. The van der Waals surface area contributed by atoms with Crippen LogP contribution >= 0.6 is 15.9 Å². The average molecular weight is 310 g/mol. The van der Waals surface area contributed by atoms with Gasteiger partial charge in [-0.05, 0) is 40.2 Å². The number of rotatable bonds is 5. The lowest BCUT2D eigenvalue weighted by Gasteiger charge is -2.10. The van der Waals surface area contributed by atoms with Crippen molar-refractivity contribution < 1.29 is 9.13 Å². The van der Waals surface area contributed by atoms with E-state index < -0.39 is 0 Å². The van der Waals surface area contributed by atoms with E-state index in [4.69, 9.17) is 4.74 Å². The Kier molecular flexibility index (Phi) is 4.59. The van der Waals surface area contributed by atoms with E-state index in [0.717, 1.165) is 5.75 Å². The van der Waals surface area contributed by atoms with Gasteiger partial charge in [-0.3, -0.25) is 0 Å².